The lowest BCUT2D eigenvalue weighted by Gasteiger charge is -2.14. The molecular weight excluding hydrogens is 364 g/mol. The molecular formula is C23H28N4O2. The molecule has 2 N–H and O–H groups in total. The maximum atomic E-state index is 5.69. The fraction of sp³-hybridized carbons (Fsp3) is 0.304. The molecule has 0 atom stereocenters. The number of hydrogen-bond donors (Lipinski definition) is 2. The van der Waals surface area contributed by atoms with Crippen molar-refractivity contribution in [3.63, 3.8) is 0 Å². The molecule has 0 bridgehead atoms. The number of benzene rings is 2. The van der Waals surface area contributed by atoms with E-state index in [4.69, 9.17) is 9.15 Å². The molecule has 0 aliphatic rings. The minimum Gasteiger partial charge on any atom is -0.444 e. The second-order valence-electron chi connectivity index (χ2n) is 6.61. The fourth-order valence-electron chi connectivity index (χ4n) is 2.87. The van der Waals surface area contributed by atoms with Gasteiger partial charge in [-0.25, -0.2) is 4.98 Å². The van der Waals surface area contributed by atoms with E-state index in [9.17, 15) is 0 Å². The SMILES string of the molecule is CCCOCc1ccccc1CNC(=NC)NCc1coc(-c2ccccc2)n1. The molecule has 0 unspecified atom stereocenters. The van der Waals surface area contributed by atoms with Gasteiger partial charge in [-0.05, 0) is 29.7 Å². The normalized spacial score (nSPS) is 11.4. The molecule has 0 amide bonds. The first-order valence-corrected chi connectivity index (χ1v) is 9.89. The molecule has 3 aromatic rings. The second-order valence-corrected chi connectivity index (χ2v) is 6.61. The van der Waals surface area contributed by atoms with Crippen LogP contribution >= 0.6 is 0 Å². The van der Waals surface area contributed by atoms with Gasteiger partial charge >= 0.3 is 0 Å². The van der Waals surface area contributed by atoms with E-state index >= 15 is 0 Å². The average Bonchev–Trinajstić information content (AvgIpc) is 3.25. The summed E-state index contributed by atoms with van der Waals surface area (Å²) in [4.78, 5) is 8.83. The molecule has 0 saturated carbocycles. The van der Waals surface area contributed by atoms with E-state index in [-0.39, 0.29) is 0 Å². The van der Waals surface area contributed by atoms with Gasteiger partial charge in [0.05, 0.1) is 18.8 Å². The van der Waals surface area contributed by atoms with Crippen molar-refractivity contribution in [2.75, 3.05) is 13.7 Å². The van der Waals surface area contributed by atoms with Gasteiger partial charge in [-0.15, -0.1) is 0 Å². The van der Waals surface area contributed by atoms with E-state index in [0.717, 1.165) is 24.3 Å². The van der Waals surface area contributed by atoms with E-state index in [0.29, 0.717) is 31.5 Å². The molecule has 0 fully saturated rings. The topological polar surface area (TPSA) is 71.7 Å². The number of rotatable bonds is 9. The molecule has 0 saturated heterocycles. The lowest BCUT2D eigenvalue weighted by atomic mass is 10.1. The van der Waals surface area contributed by atoms with Gasteiger partial charge in [0.15, 0.2) is 5.96 Å². The molecule has 0 radical (unpaired) electrons. The van der Waals surface area contributed by atoms with Crippen LogP contribution in [-0.4, -0.2) is 24.6 Å². The van der Waals surface area contributed by atoms with Crippen LogP contribution in [0.25, 0.3) is 11.5 Å². The Morgan fingerprint density at radius 3 is 2.48 bits per heavy atom. The van der Waals surface area contributed by atoms with Gasteiger partial charge < -0.3 is 19.8 Å². The summed E-state index contributed by atoms with van der Waals surface area (Å²) in [6, 6.07) is 18.1. The number of nitrogens with zero attached hydrogens (tertiary/aromatic N) is 2. The van der Waals surface area contributed by atoms with E-state index < -0.39 is 0 Å². The number of ether oxygens (including phenoxy) is 1. The largest absolute Gasteiger partial charge is 0.444 e. The van der Waals surface area contributed by atoms with Crippen LogP contribution in [0.3, 0.4) is 0 Å². The summed E-state index contributed by atoms with van der Waals surface area (Å²) < 4.78 is 11.3. The van der Waals surface area contributed by atoms with Crippen molar-refractivity contribution in [2.24, 2.45) is 4.99 Å². The van der Waals surface area contributed by atoms with E-state index in [1.807, 2.05) is 42.5 Å². The molecule has 3 rings (SSSR count). The zero-order valence-electron chi connectivity index (χ0n) is 17.0. The second kappa shape index (κ2) is 11.0. The molecule has 0 aliphatic carbocycles. The Balaban J connectivity index is 1.52. The molecule has 152 valence electrons. The van der Waals surface area contributed by atoms with Crippen molar-refractivity contribution in [3.05, 3.63) is 77.7 Å². The van der Waals surface area contributed by atoms with Crippen LogP contribution in [0.5, 0.6) is 0 Å². The monoisotopic (exact) mass is 392 g/mol. The quantitative estimate of drug-likeness (QED) is 0.325. The van der Waals surface area contributed by atoms with Crippen LogP contribution in [0.1, 0.15) is 30.2 Å². The molecule has 6 nitrogen and oxygen atoms in total. The maximum absolute atomic E-state index is 5.69. The first-order chi connectivity index (χ1) is 14.3. The number of aromatic nitrogens is 1. The van der Waals surface area contributed by atoms with E-state index in [1.54, 1.807) is 13.3 Å². The van der Waals surface area contributed by atoms with Crippen LogP contribution in [-0.2, 0) is 24.4 Å². The number of hydrogen-bond acceptors (Lipinski definition) is 4. The summed E-state index contributed by atoms with van der Waals surface area (Å²) in [6.07, 6.45) is 2.69. The van der Waals surface area contributed by atoms with Crippen molar-refractivity contribution in [2.45, 2.75) is 33.0 Å². The highest BCUT2D eigenvalue weighted by Gasteiger charge is 2.08. The first kappa shape index (κ1) is 20.6. The summed E-state index contributed by atoms with van der Waals surface area (Å²) in [7, 11) is 1.75. The van der Waals surface area contributed by atoms with Crippen molar-refractivity contribution in [1.29, 1.82) is 0 Å². The Morgan fingerprint density at radius 1 is 1.00 bits per heavy atom. The third-order valence-electron chi connectivity index (χ3n) is 4.40. The fourth-order valence-corrected chi connectivity index (χ4v) is 2.87. The number of guanidine groups is 1. The number of oxazole rings is 1. The van der Waals surface area contributed by atoms with Gasteiger partial charge in [0.2, 0.25) is 5.89 Å². The molecule has 1 heterocycles. The third-order valence-corrected chi connectivity index (χ3v) is 4.40. The van der Waals surface area contributed by atoms with Crippen LogP contribution in [0, 0.1) is 0 Å². The lowest BCUT2D eigenvalue weighted by Crippen LogP contribution is -2.36. The molecule has 2 aromatic carbocycles. The zero-order chi connectivity index (χ0) is 20.3. The van der Waals surface area contributed by atoms with Crippen molar-refractivity contribution < 1.29 is 9.15 Å². The standard InChI is InChI=1S/C23H28N4O2/c1-3-13-28-16-20-12-8-7-11-19(20)14-25-23(24-2)26-15-21-17-29-22(27-21)18-9-5-4-6-10-18/h4-12,17H,3,13-16H2,1-2H3,(H2,24,25,26). The summed E-state index contributed by atoms with van der Waals surface area (Å²) in [5, 5.41) is 6.63. The predicted molar refractivity (Wildman–Crippen MR) is 115 cm³/mol. The minimum atomic E-state index is 0.525. The van der Waals surface area contributed by atoms with Gasteiger partial charge in [0, 0.05) is 25.8 Å². The lowest BCUT2D eigenvalue weighted by molar-refractivity contribution is 0.121. The number of aliphatic imine (C=N–C) groups is 1. The summed E-state index contributed by atoms with van der Waals surface area (Å²) >= 11 is 0. The molecule has 6 heteroatoms. The number of nitrogens with one attached hydrogen (secondary N) is 2. The molecule has 1 aromatic heterocycles. The van der Waals surface area contributed by atoms with Gasteiger partial charge in [-0.1, -0.05) is 49.4 Å². The van der Waals surface area contributed by atoms with Crippen LogP contribution in [0.2, 0.25) is 0 Å². The third kappa shape index (κ3) is 6.19. The highest BCUT2D eigenvalue weighted by atomic mass is 16.5. The smallest absolute Gasteiger partial charge is 0.226 e. The molecule has 29 heavy (non-hydrogen) atoms. The highest BCUT2D eigenvalue weighted by molar-refractivity contribution is 5.79. The minimum absolute atomic E-state index is 0.525. The zero-order valence-corrected chi connectivity index (χ0v) is 17.0. The van der Waals surface area contributed by atoms with Crippen LogP contribution in [0.15, 0.2) is 70.3 Å². The van der Waals surface area contributed by atoms with Crippen molar-refractivity contribution >= 4 is 5.96 Å². The Bertz CT molecular complexity index is 906. The Morgan fingerprint density at radius 2 is 1.72 bits per heavy atom. The molecule has 0 aliphatic heterocycles. The van der Waals surface area contributed by atoms with Crippen LogP contribution < -0.4 is 10.6 Å². The highest BCUT2D eigenvalue weighted by Crippen LogP contribution is 2.17. The van der Waals surface area contributed by atoms with Crippen molar-refractivity contribution in [1.82, 2.24) is 15.6 Å². The first-order valence-electron chi connectivity index (χ1n) is 9.89. The predicted octanol–water partition coefficient (Wildman–Crippen LogP) is 4.13. The summed E-state index contributed by atoms with van der Waals surface area (Å²) in [5.41, 5.74) is 4.16. The Hall–Kier alpha value is -3.12. The van der Waals surface area contributed by atoms with Crippen molar-refractivity contribution in [3.8, 4) is 11.5 Å². The Labute approximate surface area is 172 Å². The van der Waals surface area contributed by atoms with E-state index in [1.165, 1.54) is 11.1 Å². The Kier molecular flexibility index (Phi) is 7.83. The van der Waals surface area contributed by atoms with Gasteiger partial charge in [-0.3, -0.25) is 4.99 Å². The van der Waals surface area contributed by atoms with Crippen LogP contribution in [0.4, 0.5) is 0 Å². The van der Waals surface area contributed by atoms with Gasteiger partial charge in [0.25, 0.3) is 0 Å². The summed E-state index contributed by atoms with van der Waals surface area (Å²) in [5.74, 6) is 1.32. The molecule has 0 spiro atoms. The average molecular weight is 393 g/mol. The van der Waals surface area contributed by atoms with Gasteiger partial charge in [0.1, 0.15) is 6.26 Å². The van der Waals surface area contributed by atoms with Gasteiger partial charge in [-0.2, -0.15) is 0 Å². The van der Waals surface area contributed by atoms with E-state index in [2.05, 4.69) is 39.7 Å². The summed E-state index contributed by atoms with van der Waals surface area (Å²) in [6.45, 7) is 4.70. The maximum Gasteiger partial charge on any atom is 0.226 e.